The van der Waals surface area contributed by atoms with Crippen LogP contribution in [0.4, 0.5) is 14.9 Å². The molecule has 0 bridgehead atoms. The monoisotopic (exact) mass is 388 g/mol. The Hall–Kier alpha value is -2.93. The Labute approximate surface area is 160 Å². The molecule has 0 aliphatic rings. The number of amides is 2. The van der Waals surface area contributed by atoms with Crippen molar-refractivity contribution < 1.29 is 9.18 Å². The van der Waals surface area contributed by atoms with E-state index in [4.69, 9.17) is 11.6 Å². The van der Waals surface area contributed by atoms with Crippen LogP contribution in [0.25, 0.3) is 10.8 Å². The van der Waals surface area contributed by atoms with Crippen LogP contribution in [0.3, 0.4) is 0 Å². The minimum atomic E-state index is -0.552. The number of rotatable bonds is 4. The summed E-state index contributed by atoms with van der Waals surface area (Å²) in [6.45, 7) is 4.14. The number of carbonyl (C=O) groups excluding carboxylic acids is 1. The summed E-state index contributed by atoms with van der Waals surface area (Å²) in [7, 11) is 0. The SMILES string of the molecule is CCN(C(=O)Nc1ccc(F)c(Cl)c1)[C@@H](C)c1c[nH]c(=O)c2cnccc12. The standard InChI is InChI=1S/C19H18ClFN4O2/c1-3-25(19(27)24-12-4-5-17(21)16(20)8-12)11(2)14-10-23-18(26)15-9-22-7-6-13(14)15/h4-11H,3H2,1-2H3,(H,23,26)(H,24,27)/t11-/m0/s1. The van der Waals surface area contributed by atoms with E-state index in [0.717, 1.165) is 10.9 Å². The zero-order valence-corrected chi connectivity index (χ0v) is 15.5. The van der Waals surface area contributed by atoms with Crippen LogP contribution in [0.15, 0.2) is 47.7 Å². The van der Waals surface area contributed by atoms with Crippen molar-refractivity contribution in [1.29, 1.82) is 0 Å². The van der Waals surface area contributed by atoms with Crippen molar-refractivity contribution in [3.8, 4) is 0 Å². The highest BCUT2D eigenvalue weighted by Gasteiger charge is 2.22. The number of nitrogens with zero attached hydrogens (tertiary/aromatic N) is 2. The van der Waals surface area contributed by atoms with Gasteiger partial charge < -0.3 is 15.2 Å². The van der Waals surface area contributed by atoms with Gasteiger partial charge in [-0.15, -0.1) is 0 Å². The molecule has 0 saturated carbocycles. The van der Waals surface area contributed by atoms with Crippen molar-refractivity contribution in [1.82, 2.24) is 14.9 Å². The first kappa shape index (κ1) is 18.8. The molecule has 0 fully saturated rings. The second-order valence-electron chi connectivity index (χ2n) is 6.02. The van der Waals surface area contributed by atoms with Gasteiger partial charge in [0, 0.05) is 30.8 Å². The molecule has 3 aromatic rings. The number of urea groups is 1. The third-order valence-corrected chi connectivity index (χ3v) is 4.72. The zero-order valence-electron chi connectivity index (χ0n) is 14.8. The molecule has 2 aromatic heterocycles. The molecule has 2 amide bonds. The Morgan fingerprint density at radius 1 is 1.37 bits per heavy atom. The Bertz CT molecular complexity index is 1050. The molecule has 2 heterocycles. The second kappa shape index (κ2) is 7.75. The van der Waals surface area contributed by atoms with E-state index in [1.165, 1.54) is 24.4 Å². The Balaban J connectivity index is 1.91. The summed E-state index contributed by atoms with van der Waals surface area (Å²) in [6.07, 6.45) is 4.72. The number of aromatic nitrogens is 2. The van der Waals surface area contributed by atoms with Crippen molar-refractivity contribution in [2.24, 2.45) is 0 Å². The molecule has 0 unspecified atom stereocenters. The average molecular weight is 389 g/mol. The van der Waals surface area contributed by atoms with Gasteiger partial charge in [0.2, 0.25) is 0 Å². The molecule has 140 valence electrons. The number of nitrogens with one attached hydrogen (secondary N) is 2. The van der Waals surface area contributed by atoms with Crippen LogP contribution < -0.4 is 10.9 Å². The van der Waals surface area contributed by atoms with Crippen LogP contribution in [0.2, 0.25) is 5.02 Å². The van der Waals surface area contributed by atoms with Crippen LogP contribution in [0.1, 0.15) is 25.5 Å². The van der Waals surface area contributed by atoms with E-state index in [-0.39, 0.29) is 22.7 Å². The fraction of sp³-hybridized carbons (Fsp3) is 0.211. The van der Waals surface area contributed by atoms with Crippen LogP contribution in [-0.2, 0) is 0 Å². The quantitative estimate of drug-likeness (QED) is 0.698. The molecule has 6 nitrogen and oxygen atoms in total. The number of benzene rings is 1. The lowest BCUT2D eigenvalue weighted by Crippen LogP contribution is -2.37. The van der Waals surface area contributed by atoms with Gasteiger partial charge in [0.05, 0.1) is 16.5 Å². The van der Waals surface area contributed by atoms with Gasteiger partial charge in [-0.1, -0.05) is 11.6 Å². The molecule has 27 heavy (non-hydrogen) atoms. The van der Waals surface area contributed by atoms with Crippen LogP contribution in [0.5, 0.6) is 0 Å². The lowest BCUT2D eigenvalue weighted by molar-refractivity contribution is 0.197. The van der Waals surface area contributed by atoms with Crippen molar-refractivity contribution in [3.63, 3.8) is 0 Å². The van der Waals surface area contributed by atoms with E-state index in [2.05, 4.69) is 15.3 Å². The number of fused-ring (bicyclic) bond motifs is 1. The second-order valence-corrected chi connectivity index (χ2v) is 6.42. The van der Waals surface area contributed by atoms with E-state index >= 15 is 0 Å². The molecule has 0 spiro atoms. The first-order chi connectivity index (χ1) is 12.9. The van der Waals surface area contributed by atoms with E-state index < -0.39 is 5.82 Å². The maximum atomic E-state index is 13.3. The molecule has 0 aliphatic carbocycles. The van der Waals surface area contributed by atoms with Crippen LogP contribution in [0, 0.1) is 5.82 Å². The van der Waals surface area contributed by atoms with Gasteiger partial charge in [-0.3, -0.25) is 9.78 Å². The van der Waals surface area contributed by atoms with E-state index in [1.807, 2.05) is 13.8 Å². The number of H-pyrrole nitrogens is 1. The summed E-state index contributed by atoms with van der Waals surface area (Å²) in [4.78, 5) is 33.0. The number of anilines is 1. The van der Waals surface area contributed by atoms with E-state index in [1.54, 1.807) is 23.4 Å². The van der Waals surface area contributed by atoms with E-state index in [9.17, 15) is 14.0 Å². The van der Waals surface area contributed by atoms with Crippen molar-refractivity contribution >= 4 is 34.1 Å². The normalized spacial score (nSPS) is 12.0. The fourth-order valence-electron chi connectivity index (χ4n) is 3.00. The van der Waals surface area contributed by atoms with Gasteiger partial charge in [0.25, 0.3) is 5.56 Å². The Kier molecular flexibility index (Phi) is 5.41. The van der Waals surface area contributed by atoms with Crippen molar-refractivity contribution in [3.05, 3.63) is 69.6 Å². The summed E-state index contributed by atoms with van der Waals surface area (Å²) in [5, 5.41) is 3.85. The summed E-state index contributed by atoms with van der Waals surface area (Å²) in [5.41, 5.74) is 0.955. The lowest BCUT2D eigenvalue weighted by Gasteiger charge is -2.29. The predicted octanol–water partition coefficient (Wildman–Crippen LogP) is 4.33. The molecule has 0 saturated heterocycles. The smallest absolute Gasteiger partial charge is 0.322 e. The minimum absolute atomic E-state index is 0.0666. The lowest BCUT2D eigenvalue weighted by atomic mass is 10.0. The summed E-state index contributed by atoms with van der Waals surface area (Å²) in [5.74, 6) is -0.552. The van der Waals surface area contributed by atoms with Gasteiger partial charge in [-0.25, -0.2) is 9.18 Å². The van der Waals surface area contributed by atoms with Crippen molar-refractivity contribution in [2.45, 2.75) is 19.9 Å². The number of aromatic amines is 1. The van der Waals surface area contributed by atoms with Gasteiger partial charge in [0.15, 0.2) is 0 Å². The third-order valence-electron chi connectivity index (χ3n) is 4.43. The van der Waals surface area contributed by atoms with Gasteiger partial charge in [-0.05, 0) is 49.1 Å². The third kappa shape index (κ3) is 3.78. The molecular formula is C19H18ClFN4O2. The predicted molar refractivity (Wildman–Crippen MR) is 104 cm³/mol. The molecular weight excluding hydrogens is 371 g/mol. The Morgan fingerprint density at radius 3 is 2.85 bits per heavy atom. The van der Waals surface area contributed by atoms with E-state index in [0.29, 0.717) is 17.6 Å². The molecule has 1 atom stereocenters. The van der Waals surface area contributed by atoms with Crippen molar-refractivity contribution in [2.75, 3.05) is 11.9 Å². The molecule has 2 N–H and O–H groups in total. The van der Waals surface area contributed by atoms with Gasteiger partial charge >= 0.3 is 6.03 Å². The highest BCUT2D eigenvalue weighted by atomic mass is 35.5. The minimum Gasteiger partial charge on any atom is -0.328 e. The fourth-order valence-corrected chi connectivity index (χ4v) is 3.18. The first-order valence-electron chi connectivity index (χ1n) is 8.40. The Morgan fingerprint density at radius 2 is 2.15 bits per heavy atom. The van der Waals surface area contributed by atoms with Gasteiger partial charge in [-0.2, -0.15) is 0 Å². The maximum absolute atomic E-state index is 13.3. The summed E-state index contributed by atoms with van der Waals surface area (Å²) >= 11 is 5.77. The molecule has 0 aliphatic heterocycles. The molecule has 0 radical (unpaired) electrons. The molecule has 3 rings (SSSR count). The molecule has 1 aromatic carbocycles. The number of carbonyl (C=O) groups is 1. The topological polar surface area (TPSA) is 78.1 Å². The number of hydrogen-bond donors (Lipinski definition) is 2. The highest BCUT2D eigenvalue weighted by molar-refractivity contribution is 6.31. The first-order valence-corrected chi connectivity index (χ1v) is 8.78. The zero-order chi connectivity index (χ0) is 19.6. The van der Waals surface area contributed by atoms with Crippen LogP contribution >= 0.6 is 11.6 Å². The summed E-state index contributed by atoms with van der Waals surface area (Å²) in [6, 6.07) is 5.06. The number of halogens is 2. The van der Waals surface area contributed by atoms with Gasteiger partial charge in [0.1, 0.15) is 5.82 Å². The largest absolute Gasteiger partial charge is 0.328 e. The summed E-state index contributed by atoms with van der Waals surface area (Å²) < 4.78 is 13.3. The number of pyridine rings is 2. The average Bonchev–Trinajstić information content (AvgIpc) is 2.66. The maximum Gasteiger partial charge on any atom is 0.322 e. The van der Waals surface area contributed by atoms with Crippen LogP contribution in [-0.4, -0.2) is 27.4 Å². The number of hydrogen-bond acceptors (Lipinski definition) is 3. The molecule has 8 heteroatoms. The highest BCUT2D eigenvalue weighted by Crippen LogP contribution is 2.26.